The Hall–Kier alpha value is -1.34. The standard InChI is InChI=1S/C9H9N3S/c1-7(3-10)6-13-9-11-4-8(2)5-12-9/h4-5H,1,6H2,2H3. The van der Waals surface area contributed by atoms with Crippen molar-refractivity contribution in [1.82, 2.24) is 9.97 Å². The Kier molecular flexibility index (Phi) is 3.47. The van der Waals surface area contributed by atoms with Gasteiger partial charge in [0, 0.05) is 23.7 Å². The van der Waals surface area contributed by atoms with Crippen LogP contribution >= 0.6 is 11.8 Å². The van der Waals surface area contributed by atoms with Gasteiger partial charge in [0.2, 0.25) is 0 Å². The van der Waals surface area contributed by atoms with Gasteiger partial charge in [-0.1, -0.05) is 18.3 Å². The zero-order valence-electron chi connectivity index (χ0n) is 7.32. The fraction of sp³-hybridized carbons (Fsp3) is 0.222. The molecular weight excluding hydrogens is 182 g/mol. The topological polar surface area (TPSA) is 49.6 Å². The molecule has 0 saturated carbocycles. The van der Waals surface area contributed by atoms with E-state index in [2.05, 4.69) is 16.5 Å². The van der Waals surface area contributed by atoms with E-state index >= 15 is 0 Å². The SMILES string of the molecule is C=C(C#N)CSc1ncc(C)cn1. The van der Waals surface area contributed by atoms with Crippen LogP contribution in [0, 0.1) is 18.3 Å². The molecule has 0 aliphatic carbocycles. The van der Waals surface area contributed by atoms with Crippen molar-refractivity contribution in [2.75, 3.05) is 5.75 Å². The molecule has 0 N–H and O–H groups in total. The zero-order chi connectivity index (χ0) is 9.68. The fourth-order valence-electron chi connectivity index (χ4n) is 0.639. The van der Waals surface area contributed by atoms with Crippen molar-refractivity contribution in [3.05, 3.63) is 30.1 Å². The lowest BCUT2D eigenvalue weighted by Crippen LogP contribution is -1.89. The molecule has 1 rings (SSSR count). The van der Waals surface area contributed by atoms with Crippen molar-refractivity contribution >= 4 is 11.8 Å². The highest BCUT2D eigenvalue weighted by Crippen LogP contribution is 2.14. The minimum atomic E-state index is 0.536. The third kappa shape index (κ3) is 3.26. The monoisotopic (exact) mass is 191 g/mol. The first-order valence-electron chi connectivity index (χ1n) is 3.71. The van der Waals surface area contributed by atoms with Gasteiger partial charge in [-0.15, -0.1) is 0 Å². The van der Waals surface area contributed by atoms with Crippen molar-refractivity contribution < 1.29 is 0 Å². The number of thioether (sulfide) groups is 1. The summed E-state index contributed by atoms with van der Waals surface area (Å²) in [4.78, 5) is 8.17. The van der Waals surface area contributed by atoms with Gasteiger partial charge in [-0.2, -0.15) is 5.26 Å². The Morgan fingerprint density at radius 1 is 1.62 bits per heavy atom. The van der Waals surface area contributed by atoms with E-state index in [4.69, 9.17) is 5.26 Å². The molecule has 4 heteroatoms. The molecule has 1 heterocycles. The highest BCUT2D eigenvalue weighted by molar-refractivity contribution is 7.99. The van der Waals surface area contributed by atoms with Crippen LogP contribution in [0.15, 0.2) is 29.7 Å². The van der Waals surface area contributed by atoms with Crippen LogP contribution in [0.5, 0.6) is 0 Å². The molecule has 1 aromatic heterocycles. The first kappa shape index (κ1) is 9.75. The molecule has 66 valence electrons. The molecule has 0 saturated heterocycles. The van der Waals surface area contributed by atoms with Gasteiger partial charge in [0.25, 0.3) is 0 Å². The van der Waals surface area contributed by atoms with Crippen molar-refractivity contribution in [1.29, 1.82) is 5.26 Å². The third-order valence-corrected chi connectivity index (χ3v) is 2.25. The molecule has 0 aliphatic rings. The number of nitriles is 1. The predicted octanol–water partition coefficient (Wildman–Crippen LogP) is 1.96. The lowest BCUT2D eigenvalue weighted by atomic mass is 10.4. The van der Waals surface area contributed by atoms with Gasteiger partial charge in [-0.25, -0.2) is 9.97 Å². The molecule has 0 amide bonds. The molecule has 13 heavy (non-hydrogen) atoms. The van der Waals surface area contributed by atoms with Crippen LogP contribution in [0.4, 0.5) is 0 Å². The van der Waals surface area contributed by atoms with Crippen molar-refractivity contribution in [3.63, 3.8) is 0 Å². The van der Waals surface area contributed by atoms with E-state index in [1.165, 1.54) is 11.8 Å². The normalized spacial score (nSPS) is 9.23. The van der Waals surface area contributed by atoms with Crippen LogP contribution in [0.1, 0.15) is 5.56 Å². The predicted molar refractivity (Wildman–Crippen MR) is 52.2 cm³/mol. The van der Waals surface area contributed by atoms with Gasteiger partial charge in [0.05, 0.1) is 6.07 Å². The first-order valence-corrected chi connectivity index (χ1v) is 4.70. The van der Waals surface area contributed by atoms with Crippen LogP contribution in [0.2, 0.25) is 0 Å². The van der Waals surface area contributed by atoms with Gasteiger partial charge >= 0.3 is 0 Å². The van der Waals surface area contributed by atoms with Crippen LogP contribution in [0.25, 0.3) is 0 Å². The highest BCUT2D eigenvalue weighted by Gasteiger charge is 1.98. The molecule has 0 atom stereocenters. The van der Waals surface area contributed by atoms with E-state index in [1.54, 1.807) is 12.4 Å². The van der Waals surface area contributed by atoms with E-state index < -0.39 is 0 Å². The Morgan fingerprint density at radius 2 is 2.23 bits per heavy atom. The van der Waals surface area contributed by atoms with Crippen molar-refractivity contribution in [2.45, 2.75) is 12.1 Å². The minimum absolute atomic E-state index is 0.536. The molecule has 1 aromatic rings. The lowest BCUT2D eigenvalue weighted by molar-refractivity contribution is 0.951. The van der Waals surface area contributed by atoms with Crippen LogP contribution in [-0.2, 0) is 0 Å². The summed E-state index contributed by atoms with van der Waals surface area (Å²) in [5.41, 5.74) is 1.57. The minimum Gasteiger partial charge on any atom is -0.231 e. The summed E-state index contributed by atoms with van der Waals surface area (Å²) >= 11 is 1.42. The smallest absolute Gasteiger partial charge is 0.187 e. The van der Waals surface area contributed by atoms with E-state index in [1.807, 2.05) is 13.0 Å². The number of rotatable bonds is 3. The maximum Gasteiger partial charge on any atom is 0.187 e. The fourth-order valence-corrected chi connectivity index (χ4v) is 1.26. The second-order valence-corrected chi connectivity index (χ2v) is 3.49. The van der Waals surface area contributed by atoms with Gasteiger partial charge in [0.15, 0.2) is 5.16 Å². The van der Waals surface area contributed by atoms with E-state index in [9.17, 15) is 0 Å². The molecule has 0 fully saturated rings. The average Bonchev–Trinajstić information content (AvgIpc) is 2.16. The maximum absolute atomic E-state index is 8.45. The first-order chi connectivity index (χ1) is 6.22. The number of nitrogens with zero attached hydrogens (tertiary/aromatic N) is 3. The summed E-state index contributed by atoms with van der Waals surface area (Å²) in [5, 5.41) is 9.14. The number of aromatic nitrogens is 2. The van der Waals surface area contributed by atoms with Crippen LogP contribution < -0.4 is 0 Å². The molecule has 0 unspecified atom stereocenters. The molecule has 3 nitrogen and oxygen atoms in total. The number of hydrogen-bond donors (Lipinski definition) is 0. The zero-order valence-corrected chi connectivity index (χ0v) is 8.14. The van der Waals surface area contributed by atoms with E-state index in [0.29, 0.717) is 16.5 Å². The Morgan fingerprint density at radius 3 is 2.77 bits per heavy atom. The molecule has 0 aromatic carbocycles. The summed E-state index contributed by atoms with van der Waals surface area (Å²) in [6.45, 7) is 5.50. The number of aryl methyl sites for hydroxylation is 1. The highest BCUT2D eigenvalue weighted by atomic mass is 32.2. The maximum atomic E-state index is 8.45. The second kappa shape index (κ2) is 4.63. The molecule has 0 aliphatic heterocycles. The molecule has 0 bridgehead atoms. The summed E-state index contributed by atoms with van der Waals surface area (Å²) in [7, 11) is 0. The van der Waals surface area contributed by atoms with Crippen LogP contribution in [0.3, 0.4) is 0 Å². The number of hydrogen-bond acceptors (Lipinski definition) is 4. The van der Waals surface area contributed by atoms with Crippen molar-refractivity contribution in [2.24, 2.45) is 0 Å². The Labute approximate surface area is 81.5 Å². The van der Waals surface area contributed by atoms with Gasteiger partial charge < -0.3 is 0 Å². The molecule has 0 spiro atoms. The largest absolute Gasteiger partial charge is 0.231 e. The molecular formula is C9H9N3S. The van der Waals surface area contributed by atoms with E-state index in [-0.39, 0.29) is 0 Å². The van der Waals surface area contributed by atoms with E-state index in [0.717, 1.165) is 5.56 Å². The van der Waals surface area contributed by atoms with Gasteiger partial charge in [-0.3, -0.25) is 0 Å². The quantitative estimate of drug-likeness (QED) is 0.416. The summed E-state index contributed by atoms with van der Waals surface area (Å²) in [6, 6.07) is 1.98. The van der Waals surface area contributed by atoms with Crippen LogP contribution in [-0.4, -0.2) is 15.7 Å². The average molecular weight is 191 g/mol. The summed E-state index contributed by atoms with van der Waals surface area (Å²) < 4.78 is 0. The second-order valence-electron chi connectivity index (χ2n) is 2.55. The third-order valence-electron chi connectivity index (χ3n) is 1.29. The van der Waals surface area contributed by atoms with Gasteiger partial charge in [0.1, 0.15) is 0 Å². The Bertz CT molecular complexity index is 337. The van der Waals surface area contributed by atoms with Gasteiger partial charge in [-0.05, 0) is 12.5 Å². The Balaban J connectivity index is 2.52. The molecule has 0 radical (unpaired) electrons. The summed E-state index contributed by atoms with van der Waals surface area (Å²) in [5.74, 6) is 0.555. The van der Waals surface area contributed by atoms with Crippen molar-refractivity contribution in [3.8, 4) is 6.07 Å². The summed E-state index contributed by atoms with van der Waals surface area (Å²) in [6.07, 6.45) is 3.51. The lowest BCUT2D eigenvalue weighted by Gasteiger charge is -1.97.